The van der Waals surface area contributed by atoms with Gasteiger partial charge in [-0.3, -0.25) is 14.6 Å². The second kappa shape index (κ2) is 8.22. The van der Waals surface area contributed by atoms with Crippen LogP contribution in [-0.4, -0.2) is 31.8 Å². The molecular weight excluding hydrogens is 488 g/mol. The molecule has 7 nitrogen and oxygen atoms in total. The highest BCUT2D eigenvalue weighted by Gasteiger charge is 2.44. The van der Waals surface area contributed by atoms with Gasteiger partial charge in [0.25, 0.3) is 5.91 Å². The predicted molar refractivity (Wildman–Crippen MR) is 124 cm³/mol. The van der Waals surface area contributed by atoms with Crippen LogP contribution in [0.1, 0.15) is 27.7 Å². The summed E-state index contributed by atoms with van der Waals surface area (Å²) in [6.45, 7) is 0.112. The van der Waals surface area contributed by atoms with Gasteiger partial charge in [-0.2, -0.15) is 0 Å². The van der Waals surface area contributed by atoms with Crippen molar-refractivity contribution >= 4 is 38.6 Å². The van der Waals surface area contributed by atoms with E-state index in [9.17, 15) is 19.8 Å². The molecule has 2 aromatic carbocycles. The highest BCUT2D eigenvalue weighted by Crippen LogP contribution is 2.41. The molecule has 164 valence electrons. The topological polar surface area (TPSA) is 104 Å². The SMILES string of the molecule is O=C(C1=C(O)C(=O)N(Cc2cccnc2)C1c1cccc(O)c1)c1cc2cc(Br)ccc2o1. The Morgan fingerprint density at radius 2 is 1.94 bits per heavy atom. The Bertz CT molecular complexity index is 1430. The van der Waals surface area contributed by atoms with Crippen molar-refractivity contribution in [2.24, 2.45) is 0 Å². The fraction of sp³-hybridized carbons (Fsp3) is 0.0800. The van der Waals surface area contributed by atoms with Crippen molar-refractivity contribution in [3.63, 3.8) is 0 Å². The average molecular weight is 505 g/mol. The molecule has 4 aromatic rings. The molecule has 1 amide bonds. The third-order valence-electron chi connectivity index (χ3n) is 5.51. The van der Waals surface area contributed by atoms with E-state index in [4.69, 9.17) is 4.42 Å². The largest absolute Gasteiger partial charge is 0.508 e. The Kier molecular flexibility index (Phi) is 5.22. The number of carbonyl (C=O) groups excluding carboxylic acids is 2. The standard InChI is InChI=1S/C25H17BrN2O5/c26-17-6-7-19-16(9-17)11-20(33-19)23(30)21-22(15-4-1-5-18(29)10-15)28(25(32)24(21)31)13-14-3-2-8-27-12-14/h1-12,22,29,31H,13H2. The lowest BCUT2D eigenvalue weighted by molar-refractivity contribution is -0.130. The quantitative estimate of drug-likeness (QED) is 0.367. The van der Waals surface area contributed by atoms with Gasteiger partial charge in [-0.1, -0.05) is 34.1 Å². The second-order valence-corrected chi connectivity index (χ2v) is 8.59. The van der Waals surface area contributed by atoms with Gasteiger partial charge in [0.05, 0.1) is 11.6 Å². The fourth-order valence-electron chi connectivity index (χ4n) is 4.04. The van der Waals surface area contributed by atoms with Gasteiger partial charge in [0.15, 0.2) is 11.5 Å². The third kappa shape index (κ3) is 3.78. The Balaban J connectivity index is 1.61. The van der Waals surface area contributed by atoms with Crippen molar-refractivity contribution in [1.29, 1.82) is 0 Å². The van der Waals surface area contributed by atoms with E-state index in [2.05, 4.69) is 20.9 Å². The fourth-order valence-corrected chi connectivity index (χ4v) is 4.42. The number of hydrogen-bond donors (Lipinski definition) is 2. The number of phenolic OH excluding ortho intramolecular Hbond substituents is 1. The number of carbonyl (C=O) groups is 2. The first-order chi connectivity index (χ1) is 15.9. The molecule has 0 bridgehead atoms. The molecule has 2 aromatic heterocycles. The van der Waals surface area contributed by atoms with Crippen LogP contribution >= 0.6 is 15.9 Å². The van der Waals surface area contributed by atoms with Crippen LogP contribution in [0.3, 0.4) is 0 Å². The molecule has 3 heterocycles. The minimum absolute atomic E-state index is 0.00540. The van der Waals surface area contributed by atoms with Crippen LogP contribution in [0.15, 0.2) is 93.3 Å². The van der Waals surface area contributed by atoms with Crippen LogP contribution in [0.25, 0.3) is 11.0 Å². The summed E-state index contributed by atoms with van der Waals surface area (Å²) in [7, 11) is 0. The maximum Gasteiger partial charge on any atom is 0.290 e. The van der Waals surface area contributed by atoms with Gasteiger partial charge in [-0.25, -0.2) is 0 Å². The van der Waals surface area contributed by atoms with E-state index < -0.39 is 23.5 Å². The van der Waals surface area contributed by atoms with E-state index >= 15 is 0 Å². The van der Waals surface area contributed by atoms with Gasteiger partial charge >= 0.3 is 0 Å². The first-order valence-corrected chi connectivity index (χ1v) is 10.9. The van der Waals surface area contributed by atoms with E-state index in [0.29, 0.717) is 16.5 Å². The lowest BCUT2D eigenvalue weighted by atomic mass is 9.94. The average Bonchev–Trinajstić information content (AvgIpc) is 3.33. The van der Waals surface area contributed by atoms with Crippen LogP contribution in [0, 0.1) is 0 Å². The van der Waals surface area contributed by atoms with Crippen molar-refractivity contribution in [3.05, 3.63) is 106 Å². The number of nitrogens with zero attached hydrogens (tertiary/aromatic N) is 2. The summed E-state index contributed by atoms with van der Waals surface area (Å²) in [5.74, 6) is -1.94. The van der Waals surface area contributed by atoms with Crippen LogP contribution in [-0.2, 0) is 11.3 Å². The van der Waals surface area contributed by atoms with E-state index in [1.165, 1.54) is 17.0 Å². The van der Waals surface area contributed by atoms with Crippen LogP contribution in [0.5, 0.6) is 5.75 Å². The number of pyridine rings is 1. The van der Waals surface area contributed by atoms with Gasteiger partial charge in [0, 0.05) is 28.8 Å². The number of fused-ring (bicyclic) bond motifs is 1. The lowest BCUT2D eigenvalue weighted by Crippen LogP contribution is -2.30. The molecule has 1 atom stereocenters. The maximum atomic E-state index is 13.5. The Labute approximate surface area is 196 Å². The number of ketones is 1. The van der Waals surface area contributed by atoms with Gasteiger partial charge in [0.1, 0.15) is 11.3 Å². The zero-order valence-electron chi connectivity index (χ0n) is 17.1. The number of aliphatic hydroxyl groups excluding tert-OH is 1. The predicted octanol–water partition coefficient (Wildman–Crippen LogP) is 5.07. The second-order valence-electron chi connectivity index (χ2n) is 7.68. The maximum absolute atomic E-state index is 13.5. The Morgan fingerprint density at radius 1 is 1.09 bits per heavy atom. The summed E-state index contributed by atoms with van der Waals surface area (Å²) in [4.78, 5) is 32.1. The monoisotopic (exact) mass is 504 g/mol. The van der Waals surface area contributed by atoms with Crippen molar-refractivity contribution in [1.82, 2.24) is 9.88 Å². The highest BCUT2D eigenvalue weighted by atomic mass is 79.9. The van der Waals surface area contributed by atoms with Crippen molar-refractivity contribution in [2.45, 2.75) is 12.6 Å². The molecule has 1 aliphatic rings. The first-order valence-electron chi connectivity index (χ1n) is 10.1. The van der Waals surface area contributed by atoms with E-state index in [0.717, 1.165) is 10.0 Å². The number of amides is 1. The summed E-state index contributed by atoms with van der Waals surface area (Å²) in [5, 5.41) is 21.5. The molecule has 2 N–H and O–H groups in total. The Hall–Kier alpha value is -3.91. The van der Waals surface area contributed by atoms with Gasteiger partial charge in [0.2, 0.25) is 5.78 Å². The molecule has 0 saturated heterocycles. The highest BCUT2D eigenvalue weighted by molar-refractivity contribution is 9.10. The summed E-state index contributed by atoms with van der Waals surface area (Å²) in [5.41, 5.74) is 1.62. The number of furan rings is 1. The van der Waals surface area contributed by atoms with E-state index in [1.807, 2.05) is 6.07 Å². The zero-order chi connectivity index (χ0) is 23.1. The van der Waals surface area contributed by atoms with Gasteiger partial charge in [-0.05, 0) is 53.6 Å². The van der Waals surface area contributed by atoms with E-state index in [-0.39, 0.29) is 23.6 Å². The number of hydrogen-bond acceptors (Lipinski definition) is 6. The number of Topliss-reactive ketones (excluding diaryl/α,β-unsaturated/α-hetero) is 1. The number of aromatic hydroxyl groups is 1. The molecule has 5 rings (SSSR count). The molecular formula is C25H17BrN2O5. The number of aromatic nitrogens is 1. The molecule has 0 radical (unpaired) electrons. The van der Waals surface area contributed by atoms with Gasteiger partial charge < -0.3 is 19.5 Å². The molecule has 33 heavy (non-hydrogen) atoms. The number of halogens is 1. The molecule has 0 aliphatic carbocycles. The zero-order valence-corrected chi connectivity index (χ0v) is 18.7. The minimum atomic E-state index is -0.919. The van der Waals surface area contributed by atoms with Crippen LogP contribution in [0.4, 0.5) is 0 Å². The third-order valence-corrected chi connectivity index (χ3v) is 6.01. The summed E-state index contributed by atoms with van der Waals surface area (Å²) >= 11 is 3.39. The Morgan fingerprint density at radius 3 is 2.70 bits per heavy atom. The molecule has 0 spiro atoms. The smallest absolute Gasteiger partial charge is 0.290 e. The minimum Gasteiger partial charge on any atom is -0.508 e. The molecule has 0 fully saturated rings. The normalized spacial score (nSPS) is 16.1. The number of phenols is 1. The van der Waals surface area contributed by atoms with Crippen molar-refractivity contribution in [3.8, 4) is 5.75 Å². The summed E-state index contributed by atoms with van der Waals surface area (Å²) in [6, 6.07) is 15.8. The van der Waals surface area contributed by atoms with Crippen molar-refractivity contribution in [2.75, 3.05) is 0 Å². The van der Waals surface area contributed by atoms with Crippen LogP contribution < -0.4 is 0 Å². The molecule has 8 heteroatoms. The van der Waals surface area contributed by atoms with Crippen molar-refractivity contribution < 1.29 is 24.2 Å². The first kappa shape index (κ1) is 21.0. The molecule has 0 saturated carbocycles. The number of aliphatic hydroxyl groups is 1. The number of rotatable bonds is 5. The lowest BCUT2D eigenvalue weighted by Gasteiger charge is -2.26. The summed E-state index contributed by atoms with van der Waals surface area (Å²) < 4.78 is 6.56. The van der Waals surface area contributed by atoms with E-state index in [1.54, 1.807) is 54.9 Å². The number of benzene rings is 2. The molecule has 1 aliphatic heterocycles. The molecule has 1 unspecified atom stereocenters. The van der Waals surface area contributed by atoms with Crippen LogP contribution in [0.2, 0.25) is 0 Å². The van der Waals surface area contributed by atoms with Gasteiger partial charge in [-0.15, -0.1) is 0 Å². The summed E-state index contributed by atoms with van der Waals surface area (Å²) in [6.07, 6.45) is 3.23.